The van der Waals surface area contributed by atoms with E-state index < -0.39 is 5.97 Å². The van der Waals surface area contributed by atoms with E-state index in [-0.39, 0.29) is 24.9 Å². The van der Waals surface area contributed by atoms with Crippen LogP contribution in [0.5, 0.6) is 0 Å². The fourth-order valence-corrected chi connectivity index (χ4v) is 2.74. The average molecular weight is 290 g/mol. The van der Waals surface area contributed by atoms with Gasteiger partial charge in [0.25, 0.3) is 0 Å². The number of amides is 1. The number of carbonyl (C=O) groups excluding carboxylic acids is 1. The van der Waals surface area contributed by atoms with Crippen molar-refractivity contribution in [2.75, 3.05) is 13.1 Å². The van der Waals surface area contributed by atoms with Crippen molar-refractivity contribution in [2.45, 2.75) is 38.3 Å². The Hall–Kier alpha value is -1.88. The molecule has 0 aliphatic carbocycles. The van der Waals surface area contributed by atoms with E-state index >= 15 is 0 Å². The van der Waals surface area contributed by atoms with Gasteiger partial charge in [-0.3, -0.25) is 14.5 Å². The second kappa shape index (κ2) is 7.78. The molecule has 1 aromatic rings. The summed E-state index contributed by atoms with van der Waals surface area (Å²) in [7, 11) is 0. The predicted molar refractivity (Wildman–Crippen MR) is 79.8 cm³/mol. The van der Waals surface area contributed by atoms with Crippen LogP contribution in [0.15, 0.2) is 30.3 Å². The van der Waals surface area contributed by atoms with E-state index in [0.717, 1.165) is 31.4 Å². The fraction of sp³-hybridized carbons (Fsp3) is 0.500. The van der Waals surface area contributed by atoms with E-state index in [1.807, 2.05) is 35.2 Å². The van der Waals surface area contributed by atoms with Crippen molar-refractivity contribution in [2.24, 2.45) is 0 Å². The van der Waals surface area contributed by atoms with Crippen LogP contribution >= 0.6 is 0 Å². The average Bonchev–Trinajstić information content (AvgIpc) is 2.48. The third kappa shape index (κ3) is 5.19. The number of hydrogen-bond acceptors (Lipinski definition) is 3. The maximum absolute atomic E-state index is 12.0. The van der Waals surface area contributed by atoms with Crippen LogP contribution in [0, 0.1) is 0 Å². The Labute approximate surface area is 125 Å². The zero-order valence-corrected chi connectivity index (χ0v) is 12.1. The first-order chi connectivity index (χ1) is 10.1. The van der Waals surface area contributed by atoms with Gasteiger partial charge < -0.3 is 10.4 Å². The minimum absolute atomic E-state index is 0.0151. The summed E-state index contributed by atoms with van der Waals surface area (Å²) in [6.07, 6.45) is 3.05. The van der Waals surface area contributed by atoms with Crippen LogP contribution < -0.4 is 5.32 Å². The van der Waals surface area contributed by atoms with Crippen molar-refractivity contribution in [3.8, 4) is 0 Å². The van der Waals surface area contributed by atoms with Gasteiger partial charge in [0, 0.05) is 12.6 Å². The van der Waals surface area contributed by atoms with Crippen LogP contribution in [0.2, 0.25) is 0 Å². The van der Waals surface area contributed by atoms with E-state index in [4.69, 9.17) is 5.11 Å². The number of carbonyl (C=O) groups is 2. The molecule has 1 fully saturated rings. The van der Waals surface area contributed by atoms with E-state index in [1.165, 1.54) is 0 Å². The summed E-state index contributed by atoms with van der Waals surface area (Å²) < 4.78 is 0. The summed E-state index contributed by atoms with van der Waals surface area (Å²) in [5.74, 6) is -0.840. The molecule has 1 atom stereocenters. The molecular formula is C16H22N2O3. The lowest BCUT2D eigenvalue weighted by Gasteiger charge is -2.34. The molecule has 0 spiro atoms. The minimum Gasteiger partial charge on any atom is -0.481 e. The molecule has 1 aromatic carbocycles. The first-order valence-corrected chi connectivity index (χ1v) is 7.41. The van der Waals surface area contributed by atoms with Gasteiger partial charge in [0.1, 0.15) is 0 Å². The Bertz CT molecular complexity index is 476. The lowest BCUT2D eigenvalue weighted by atomic mass is 9.99. The van der Waals surface area contributed by atoms with Crippen LogP contribution in [0.25, 0.3) is 0 Å². The molecule has 1 aliphatic heterocycles. The number of nitrogens with one attached hydrogen (secondary N) is 1. The zero-order chi connectivity index (χ0) is 15.1. The second-order valence-electron chi connectivity index (χ2n) is 5.48. The highest BCUT2D eigenvalue weighted by molar-refractivity contribution is 5.78. The quantitative estimate of drug-likeness (QED) is 0.835. The first-order valence-electron chi connectivity index (χ1n) is 7.41. The molecule has 1 unspecified atom stereocenters. The highest BCUT2D eigenvalue weighted by Crippen LogP contribution is 2.19. The number of benzene rings is 1. The Morgan fingerprint density at radius 1 is 1.24 bits per heavy atom. The summed E-state index contributed by atoms with van der Waals surface area (Å²) in [6, 6.07) is 9.74. The van der Waals surface area contributed by atoms with E-state index in [2.05, 4.69) is 5.32 Å². The standard InChI is InChI=1S/C16H22N2O3/c19-15(17-11-13-6-2-1-3-7-13)12-18-9-5-4-8-14(18)10-16(20)21/h1-3,6-7,14H,4-5,8-12H2,(H,17,19)(H,20,21). The van der Waals surface area contributed by atoms with Gasteiger partial charge in [0.05, 0.1) is 13.0 Å². The third-order valence-electron chi connectivity index (χ3n) is 3.84. The summed E-state index contributed by atoms with van der Waals surface area (Å²) in [6.45, 7) is 1.60. The molecule has 1 aliphatic rings. The summed E-state index contributed by atoms with van der Waals surface area (Å²) in [5, 5.41) is 11.8. The number of hydrogen-bond donors (Lipinski definition) is 2. The van der Waals surface area contributed by atoms with Gasteiger partial charge in [0.2, 0.25) is 5.91 Å². The van der Waals surface area contributed by atoms with Gasteiger partial charge in [-0.1, -0.05) is 36.8 Å². The Morgan fingerprint density at radius 2 is 2.00 bits per heavy atom. The maximum atomic E-state index is 12.0. The van der Waals surface area contributed by atoms with E-state index in [0.29, 0.717) is 6.54 Å². The third-order valence-corrected chi connectivity index (χ3v) is 3.84. The van der Waals surface area contributed by atoms with Gasteiger partial charge in [-0.25, -0.2) is 0 Å². The van der Waals surface area contributed by atoms with Crippen molar-refractivity contribution in [1.29, 1.82) is 0 Å². The number of rotatable bonds is 6. The van der Waals surface area contributed by atoms with Gasteiger partial charge >= 0.3 is 5.97 Å². The molecule has 0 aromatic heterocycles. The number of piperidine rings is 1. The van der Waals surface area contributed by atoms with Crippen molar-refractivity contribution >= 4 is 11.9 Å². The molecule has 1 saturated heterocycles. The lowest BCUT2D eigenvalue weighted by molar-refractivity contribution is -0.139. The van der Waals surface area contributed by atoms with Crippen LogP contribution in [-0.2, 0) is 16.1 Å². The van der Waals surface area contributed by atoms with Crippen LogP contribution in [0.4, 0.5) is 0 Å². The molecule has 21 heavy (non-hydrogen) atoms. The highest BCUT2D eigenvalue weighted by Gasteiger charge is 2.25. The zero-order valence-electron chi connectivity index (χ0n) is 12.1. The number of likely N-dealkylation sites (tertiary alicyclic amines) is 1. The van der Waals surface area contributed by atoms with Crippen molar-refractivity contribution in [3.05, 3.63) is 35.9 Å². The Kier molecular flexibility index (Phi) is 5.75. The van der Waals surface area contributed by atoms with Crippen LogP contribution in [0.1, 0.15) is 31.2 Å². The summed E-state index contributed by atoms with van der Waals surface area (Å²) >= 11 is 0. The van der Waals surface area contributed by atoms with Crippen molar-refractivity contribution in [1.82, 2.24) is 10.2 Å². The Balaban J connectivity index is 1.81. The monoisotopic (exact) mass is 290 g/mol. The number of carboxylic acid groups (broad SMARTS) is 1. The SMILES string of the molecule is O=C(O)CC1CCCCN1CC(=O)NCc1ccccc1. The molecule has 2 rings (SSSR count). The highest BCUT2D eigenvalue weighted by atomic mass is 16.4. The maximum Gasteiger partial charge on any atom is 0.304 e. The predicted octanol–water partition coefficient (Wildman–Crippen LogP) is 1.63. The first kappa shape index (κ1) is 15.5. The van der Waals surface area contributed by atoms with E-state index in [1.54, 1.807) is 0 Å². The molecule has 0 saturated carbocycles. The fourth-order valence-electron chi connectivity index (χ4n) is 2.74. The van der Waals surface area contributed by atoms with Crippen molar-refractivity contribution < 1.29 is 14.7 Å². The minimum atomic E-state index is -0.795. The molecule has 1 heterocycles. The molecule has 0 radical (unpaired) electrons. The Morgan fingerprint density at radius 3 is 2.71 bits per heavy atom. The largest absolute Gasteiger partial charge is 0.481 e. The topological polar surface area (TPSA) is 69.6 Å². The van der Waals surface area contributed by atoms with Crippen molar-refractivity contribution in [3.63, 3.8) is 0 Å². The van der Waals surface area contributed by atoms with Crippen LogP contribution in [0.3, 0.4) is 0 Å². The molecule has 2 N–H and O–H groups in total. The molecule has 1 amide bonds. The van der Waals surface area contributed by atoms with Gasteiger partial charge in [-0.15, -0.1) is 0 Å². The van der Waals surface area contributed by atoms with Gasteiger partial charge in [-0.2, -0.15) is 0 Å². The molecule has 0 bridgehead atoms. The van der Waals surface area contributed by atoms with Crippen LogP contribution in [-0.4, -0.2) is 41.0 Å². The second-order valence-corrected chi connectivity index (χ2v) is 5.48. The normalized spacial score (nSPS) is 19.1. The molecule has 5 nitrogen and oxygen atoms in total. The molecule has 5 heteroatoms. The van der Waals surface area contributed by atoms with E-state index in [9.17, 15) is 9.59 Å². The molecular weight excluding hydrogens is 268 g/mol. The summed E-state index contributed by atoms with van der Waals surface area (Å²) in [4.78, 5) is 24.9. The van der Waals surface area contributed by atoms with Gasteiger partial charge in [0.15, 0.2) is 0 Å². The summed E-state index contributed by atoms with van der Waals surface area (Å²) in [5.41, 5.74) is 1.06. The number of carboxylic acids is 1. The smallest absolute Gasteiger partial charge is 0.304 e. The molecule has 114 valence electrons. The number of aliphatic carboxylic acids is 1. The lowest BCUT2D eigenvalue weighted by Crippen LogP contribution is -2.46. The van der Waals surface area contributed by atoms with Gasteiger partial charge in [-0.05, 0) is 24.9 Å². The number of nitrogens with zero attached hydrogens (tertiary/aromatic N) is 1.